The van der Waals surface area contributed by atoms with Crippen molar-refractivity contribution in [2.45, 2.75) is 17.4 Å². The van der Waals surface area contributed by atoms with E-state index in [1.807, 2.05) is 5.38 Å². The first-order chi connectivity index (χ1) is 15.1. The van der Waals surface area contributed by atoms with E-state index in [4.69, 9.17) is 11.6 Å². The van der Waals surface area contributed by atoms with E-state index in [1.165, 1.54) is 32.7 Å². The Kier molecular flexibility index (Phi) is 6.01. The van der Waals surface area contributed by atoms with Gasteiger partial charge in [0.05, 0.1) is 5.02 Å². The number of nitrogens with one attached hydrogen (secondary N) is 1. The monoisotopic (exact) mass is 496 g/mol. The second-order valence-electron chi connectivity index (χ2n) is 7.64. The van der Waals surface area contributed by atoms with Crippen molar-refractivity contribution >= 4 is 50.8 Å². The highest BCUT2D eigenvalue weighted by molar-refractivity contribution is 7.89. The van der Waals surface area contributed by atoms with Crippen molar-refractivity contribution in [3.8, 4) is 0 Å². The molecule has 4 amide bonds. The third-order valence-electron chi connectivity index (χ3n) is 5.63. The molecule has 1 N–H and O–H groups in total. The van der Waals surface area contributed by atoms with Crippen molar-refractivity contribution in [2.75, 3.05) is 32.7 Å². The lowest BCUT2D eigenvalue weighted by atomic mass is 10.0. The predicted octanol–water partition coefficient (Wildman–Crippen LogP) is 1.70. The highest BCUT2D eigenvalue weighted by atomic mass is 35.5. The number of sulfonamides is 1. The standard InChI is InChI=1S/C20H21ClN4O5S2/c1-20(16-7-4-12-31-16)18(27)25(19(28)22-20)13-17(26)23-8-10-24(11-9-23)32(29,30)15-6-3-2-5-14(15)21/h2-7,12H,8-11,13H2,1H3,(H,22,28). The topological polar surface area (TPSA) is 107 Å². The average molecular weight is 497 g/mol. The van der Waals surface area contributed by atoms with Crippen LogP contribution in [-0.4, -0.2) is 73.1 Å². The van der Waals surface area contributed by atoms with E-state index < -0.39 is 40.0 Å². The van der Waals surface area contributed by atoms with Crippen molar-refractivity contribution in [3.63, 3.8) is 0 Å². The quantitative estimate of drug-likeness (QED) is 0.634. The third-order valence-corrected chi connectivity index (χ3v) is 9.12. The molecule has 170 valence electrons. The van der Waals surface area contributed by atoms with Gasteiger partial charge in [-0.05, 0) is 30.5 Å². The Bertz CT molecular complexity index is 1160. The van der Waals surface area contributed by atoms with E-state index in [-0.39, 0.29) is 36.1 Å². The zero-order valence-corrected chi connectivity index (χ0v) is 19.5. The van der Waals surface area contributed by atoms with E-state index in [0.29, 0.717) is 4.88 Å². The maximum Gasteiger partial charge on any atom is 0.325 e. The lowest BCUT2D eigenvalue weighted by molar-refractivity contribution is -0.139. The number of carbonyl (C=O) groups excluding carboxylic acids is 3. The molecule has 2 aliphatic heterocycles. The van der Waals surface area contributed by atoms with Gasteiger partial charge in [-0.2, -0.15) is 4.31 Å². The van der Waals surface area contributed by atoms with E-state index in [9.17, 15) is 22.8 Å². The fourth-order valence-electron chi connectivity index (χ4n) is 3.78. The van der Waals surface area contributed by atoms with Crippen molar-refractivity contribution in [3.05, 3.63) is 51.7 Å². The van der Waals surface area contributed by atoms with Gasteiger partial charge in [-0.15, -0.1) is 11.3 Å². The van der Waals surface area contributed by atoms with Crippen molar-refractivity contribution < 1.29 is 22.8 Å². The Labute approximate surface area is 194 Å². The van der Waals surface area contributed by atoms with Crippen molar-refractivity contribution in [2.24, 2.45) is 0 Å². The summed E-state index contributed by atoms with van der Waals surface area (Å²) >= 11 is 7.39. The number of benzene rings is 1. The number of rotatable bonds is 5. The summed E-state index contributed by atoms with van der Waals surface area (Å²) in [6.07, 6.45) is 0. The number of hydrogen-bond donors (Lipinski definition) is 1. The Morgan fingerprint density at radius 2 is 1.81 bits per heavy atom. The van der Waals surface area contributed by atoms with Gasteiger partial charge in [0.1, 0.15) is 11.4 Å². The summed E-state index contributed by atoms with van der Waals surface area (Å²) in [6.45, 7) is 1.69. The zero-order valence-electron chi connectivity index (χ0n) is 17.2. The van der Waals surface area contributed by atoms with Crippen LogP contribution >= 0.6 is 22.9 Å². The normalized spacial score (nSPS) is 22.3. The van der Waals surface area contributed by atoms with Crippen LogP contribution in [0.1, 0.15) is 11.8 Å². The van der Waals surface area contributed by atoms with Crippen LogP contribution in [0.25, 0.3) is 0 Å². The van der Waals surface area contributed by atoms with Crippen molar-refractivity contribution in [1.82, 2.24) is 19.4 Å². The SMILES string of the molecule is CC1(c2cccs2)NC(=O)N(CC(=O)N2CCN(S(=O)(=O)c3ccccc3Cl)CC2)C1=O. The predicted molar refractivity (Wildman–Crippen MR) is 119 cm³/mol. The van der Waals surface area contributed by atoms with E-state index in [1.54, 1.807) is 31.2 Å². The van der Waals surface area contributed by atoms with E-state index in [0.717, 1.165) is 4.90 Å². The van der Waals surface area contributed by atoms with Crippen LogP contribution < -0.4 is 5.32 Å². The Morgan fingerprint density at radius 3 is 2.44 bits per heavy atom. The Balaban J connectivity index is 1.40. The van der Waals surface area contributed by atoms with Crippen LogP contribution in [0.4, 0.5) is 4.79 Å². The molecule has 0 aliphatic carbocycles. The van der Waals surface area contributed by atoms with Gasteiger partial charge in [0.15, 0.2) is 5.54 Å². The molecule has 0 spiro atoms. The zero-order chi connectivity index (χ0) is 23.1. The average Bonchev–Trinajstić information content (AvgIpc) is 3.38. The molecule has 4 rings (SSSR count). The number of amides is 4. The lowest BCUT2D eigenvalue weighted by Gasteiger charge is -2.34. The molecule has 2 aromatic rings. The number of imide groups is 1. The summed E-state index contributed by atoms with van der Waals surface area (Å²) in [5.74, 6) is -0.906. The van der Waals surface area contributed by atoms with E-state index >= 15 is 0 Å². The number of urea groups is 1. The molecule has 2 saturated heterocycles. The minimum absolute atomic E-state index is 0.0219. The summed E-state index contributed by atoms with van der Waals surface area (Å²) in [5.41, 5.74) is -1.20. The summed E-state index contributed by atoms with van der Waals surface area (Å²) in [4.78, 5) is 41.2. The molecule has 1 aromatic carbocycles. The van der Waals surface area contributed by atoms with Crippen LogP contribution in [-0.2, 0) is 25.2 Å². The smallest absolute Gasteiger partial charge is 0.325 e. The molecule has 2 fully saturated rings. The van der Waals surface area contributed by atoms with Gasteiger partial charge in [0.25, 0.3) is 5.91 Å². The minimum Gasteiger partial charge on any atom is -0.338 e. The summed E-state index contributed by atoms with van der Waals surface area (Å²) in [5, 5.41) is 4.62. The molecule has 0 saturated carbocycles. The molecule has 0 bridgehead atoms. The van der Waals surface area contributed by atoms with Gasteiger partial charge < -0.3 is 10.2 Å². The largest absolute Gasteiger partial charge is 0.338 e. The number of nitrogens with zero attached hydrogens (tertiary/aromatic N) is 3. The molecule has 0 radical (unpaired) electrons. The first kappa shape index (κ1) is 22.7. The molecular weight excluding hydrogens is 476 g/mol. The molecule has 3 heterocycles. The first-order valence-corrected chi connectivity index (χ1v) is 12.5. The third kappa shape index (κ3) is 3.90. The van der Waals surface area contributed by atoms with Crippen LogP contribution in [0.2, 0.25) is 5.02 Å². The molecule has 32 heavy (non-hydrogen) atoms. The highest BCUT2D eigenvalue weighted by Crippen LogP contribution is 2.32. The molecule has 2 aliphatic rings. The Morgan fingerprint density at radius 1 is 1.12 bits per heavy atom. The summed E-state index contributed by atoms with van der Waals surface area (Å²) in [7, 11) is -3.79. The van der Waals surface area contributed by atoms with Gasteiger partial charge in [-0.3, -0.25) is 14.5 Å². The molecule has 1 unspecified atom stereocenters. The molecule has 1 atom stereocenters. The Hall–Kier alpha value is -2.47. The van der Waals surface area contributed by atoms with Gasteiger partial charge in [-0.25, -0.2) is 13.2 Å². The fraction of sp³-hybridized carbons (Fsp3) is 0.350. The maximum atomic E-state index is 12.9. The molecule has 12 heteroatoms. The second-order valence-corrected chi connectivity index (χ2v) is 10.9. The van der Waals surface area contributed by atoms with Crippen molar-refractivity contribution in [1.29, 1.82) is 0 Å². The molecular formula is C20H21ClN4O5S2. The van der Waals surface area contributed by atoms with Gasteiger partial charge in [-0.1, -0.05) is 29.8 Å². The number of piperazine rings is 1. The highest BCUT2D eigenvalue weighted by Gasteiger charge is 2.50. The first-order valence-electron chi connectivity index (χ1n) is 9.85. The van der Waals surface area contributed by atoms with E-state index in [2.05, 4.69) is 5.32 Å². The van der Waals surface area contributed by atoms with Crippen LogP contribution in [0, 0.1) is 0 Å². The lowest BCUT2D eigenvalue weighted by Crippen LogP contribution is -2.53. The van der Waals surface area contributed by atoms with Gasteiger partial charge >= 0.3 is 6.03 Å². The second kappa shape index (κ2) is 8.47. The maximum absolute atomic E-state index is 12.9. The van der Waals surface area contributed by atoms with Crippen LogP contribution in [0.5, 0.6) is 0 Å². The van der Waals surface area contributed by atoms with Gasteiger partial charge in [0, 0.05) is 31.1 Å². The number of thiophene rings is 1. The minimum atomic E-state index is -3.79. The fourth-order valence-corrected chi connectivity index (χ4v) is 6.53. The number of halogens is 1. The molecule has 1 aromatic heterocycles. The van der Waals surface area contributed by atoms with Crippen LogP contribution in [0.15, 0.2) is 46.7 Å². The van der Waals surface area contributed by atoms with Gasteiger partial charge in [0.2, 0.25) is 15.9 Å². The molecule has 9 nitrogen and oxygen atoms in total. The summed E-state index contributed by atoms with van der Waals surface area (Å²) in [6, 6.07) is 9.12. The van der Waals surface area contributed by atoms with Crippen LogP contribution in [0.3, 0.4) is 0 Å². The number of carbonyl (C=O) groups is 3. The summed E-state index contributed by atoms with van der Waals surface area (Å²) < 4.78 is 27.0. The number of hydrogen-bond acceptors (Lipinski definition) is 6.